The van der Waals surface area contributed by atoms with Crippen molar-refractivity contribution in [2.45, 2.75) is 314 Å². The van der Waals surface area contributed by atoms with E-state index in [1.54, 1.807) is 53.7 Å². The highest BCUT2D eigenvalue weighted by molar-refractivity contribution is 7.00. The van der Waals surface area contributed by atoms with E-state index >= 15 is 0 Å². The molecule has 3 aromatic heterocycles. The number of hydrogen-bond acceptors (Lipinski definition) is 2. The second kappa shape index (κ2) is 33.5. The van der Waals surface area contributed by atoms with Crippen molar-refractivity contribution >= 4 is 123 Å². The van der Waals surface area contributed by atoms with Gasteiger partial charge >= 0.3 is 0 Å². The first-order valence-electron chi connectivity index (χ1n) is 64.1. The van der Waals surface area contributed by atoms with Crippen molar-refractivity contribution < 1.29 is 35.6 Å². The van der Waals surface area contributed by atoms with Crippen molar-refractivity contribution in [1.29, 1.82) is 0 Å². The molecule has 0 aliphatic carbocycles. The number of fused-ring (bicyclic) bond motifs is 13. The monoisotopic (exact) mass is 1920 g/mol. The zero-order valence-electron chi connectivity index (χ0n) is 117. The minimum absolute atomic E-state index is 0.00263. The van der Waals surface area contributed by atoms with Crippen LogP contribution >= 0.6 is 0 Å². The molecule has 5 nitrogen and oxygen atoms in total. The predicted octanol–water partition coefficient (Wildman–Crippen LogP) is 37.3. The summed E-state index contributed by atoms with van der Waals surface area (Å²) in [5, 5.41) is 2.76. The van der Waals surface area contributed by atoms with E-state index in [1.165, 1.54) is 4.57 Å². The molecule has 20 rings (SSSR count). The van der Waals surface area contributed by atoms with Gasteiger partial charge in [0.25, 0.3) is 6.71 Å². The lowest BCUT2D eigenvalue weighted by molar-refractivity contribution is 0.570. The molecule has 2 aliphatic rings. The molecule has 5 heterocycles. The molecule has 144 heavy (non-hydrogen) atoms. The van der Waals surface area contributed by atoms with Crippen molar-refractivity contribution in [2.24, 2.45) is 0 Å². The van der Waals surface area contributed by atoms with Crippen LogP contribution in [-0.4, -0.2) is 20.4 Å². The summed E-state index contributed by atoms with van der Waals surface area (Å²) in [6.45, 7) is 68.5. The third-order valence-electron chi connectivity index (χ3n) is 29.2. The molecule has 2 aliphatic heterocycles. The summed E-state index contributed by atoms with van der Waals surface area (Å²) in [6, 6.07) is 26.2. The van der Waals surface area contributed by atoms with Crippen LogP contribution < -0.4 is 26.2 Å². The van der Waals surface area contributed by atoms with Crippen LogP contribution in [0.5, 0.6) is 0 Å². The van der Waals surface area contributed by atoms with E-state index in [-0.39, 0.29) is 134 Å². The summed E-state index contributed by atoms with van der Waals surface area (Å²) in [5.41, 5.74) is -5.58. The fraction of sp³-hybridized carbons (Fsp3) is 0.348. The van der Waals surface area contributed by atoms with E-state index in [0.29, 0.717) is 22.3 Å². The molecule has 0 unspecified atom stereocenters. The Bertz CT molecular complexity index is 9150. The maximum Gasteiger partial charge on any atom is 0.252 e. The average Bonchev–Trinajstić information content (AvgIpc) is 0.941. The number of aromatic nitrogens is 3. The van der Waals surface area contributed by atoms with Gasteiger partial charge in [-0.3, -0.25) is 0 Å². The second-order valence-electron chi connectivity index (χ2n) is 52.8. The van der Waals surface area contributed by atoms with E-state index in [0.717, 1.165) is 65.9 Å². The van der Waals surface area contributed by atoms with Crippen molar-refractivity contribution in [2.75, 3.05) is 9.80 Å². The zero-order valence-corrected chi connectivity index (χ0v) is 91.4. The molecule has 0 amide bonds. The van der Waals surface area contributed by atoms with Crippen molar-refractivity contribution in [1.82, 2.24) is 13.7 Å². The molecule has 0 spiro atoms. The van der Waals surface area contributed by atoms with Gasteiger partial charge in [-0.25, -0.2) is 0 Å². The van der Waals surface area contributed by atoms with Crippen molar-refractivity contribution in [3.63, 3.8) is 0 Å². The van der Waals surface area contributed by atoms with Gasteiger partial charge in [0.15, 0.2) is 0 Å². The van der Waals surface area contributed by atoms with Crippen LogP contribution in [0, 0.1) is 0 Å². The Labute approximate surface area is 898 Å². The highest BCUT2D eigenvalue weighted by atomic mass is 15.2. The van der Waals surface area contributed by atoms with Gasteiger partial charge in [0.1, 0.15) is 0 Å². The molecular formula is C138H154BN5. The van der Waals surface area contributed by atoms with E-state index in [1.807, 2.05) is 171 Å². The zero-order chi connectivity index (χ0) is 126. The Kier molecular flexibility index (Phi) is 16.7. The summed E-state index contributed by atoms with van der Waals surface area (Å²) in [7, 11) is 0. The lowest BCUT2D eigenvalue weighted by atomic mass is 9.33. The van der Waals surface area contributed by atoms with Gasteiger partial charge in [-0.15, -0.1) is 0 Å². The van der Waals surface area contributed by atoms with Gasteiger partial charge in [0.05, 0.1) is 85.8 Å². The molecule has 734 valence electrons. The first-order valence-corrected chi connectivity index (χ1v) is 51.1. The number of nitrogens with zero attached hydrogens (tertiary/aromatic N) is 5. The number of hydrogen-bond donors (Lipinski definition) is 0. The maximum atomic E-state index is 12.3. The molecule has 15 aromatic carbocycles. The summed E-state index contributed by atoms with van der Waals surface area (Å²) in [5.74, 6) is 0. The maximum absolute atomic E-state index is 12.3. The minimum atomic E-state index is -1.37. The van der Waals surface area contributed by atoms with Crippen molar-refractivity contribution in [3.05, 3.63) is 345 Å². The number of para-hydroxylation sites is 2. The summed E-state index contributed by atoms with van der Waals surface area (Å²) < 4.78 is 289. The molecule has 0 N–H and O–H groups in total. The quantitative estimate of drug-likeness (QED) is 0.134. The first kappa shape index (κ1) is 71.8. The molecule has 6 heteroatoms. The summed E-state index contributed by atoms with van der Waals surface area (Å²) in [4.78, 5) is 3.63. The molecule has 18 aromatic rings. The Balaban J connectivity index is 1.19. The fourth-order valence-electron chi connectivity index (χ4n) is 21.1. The lowest BCUT2D eigenvalue weighted by Crippen LogP contribution is -2.61. The Hall–Kier alpha value is -12.6. The molecule has 0 bridgehead atoms. The van der Waals surface area contributed by atoms with Crippen LogP contribution in [0.4, 0.5) is 34.1 Å². The molecule has 0 fully saturated rings. The van der Waals surface area contributed by atoms with Crippen LogP contribution in [-0.2, 0) is 65.0 Å². The van der Waals surface area contributed by atoms with Gasteiger partial charge in [0.2, 0.25) is 0 Å². The Morgan fingerprint density at radius 3 is 0.750 bits per heavy atom. The van der Waals surface area contributed by atoms with Crippen LogP contribution in [0.15, 0.2) is 278 Å². The third-order valence-corrected chi connectivity index (χ3v) is 29.2. The molecule has 0 saturated carbocycles. The van der Waals surface area contributed by atoms with Gasteiger partial charge in [-0.05, 0) is 292 Å². The standard InChI is InChI=1S/C138H154BN5/c1-127(2,3)85-55-51-83(52-56-85)98-75-91(133(19,20)21)77-104(122-106(135(25,26)27)45-41-46-107(122)136(28,29)30)125(98)143-118-79-93(140-114-67-59-87(129(7,8)9)71-100(114)101-72-88(130(10,11)12)60-68-115(101)140)63-65-110(118)139-111-66-64-94(141-116-69-61-89(131(13,14)15)73-102(116)103-74-90(132(16,17)18)62-70-117(103)141)80-119(111)144(121-82-95(81-120(143)124(121)139)142-112-49-39-37-43-96(112)97-44-38-40-50-113(97)142)126-99(84-53-57-86(58-54-84)128(4,5)6)76-92(134(22,23)24)78-105(126)123-108(137(31,32)33)47-42-48-109(123)138(34,35)36/h37-82H,1-36H3/i37D,38D,39D,40D,41D,42D,43D,44D,45D,46D,47D,48D,49D,50D,51D,52D,53D,54D,55D,56D,57D,58D,75D,76D,77D,78D. The van der Waals surface area contributed by atoms with Gasteiger partial charge in [0, 0.05) is 88.7 Å². The molecule has 0 saturated heterocycles. The fourth-order valence-corrected chi connectivity index (χ4v) is 21.1. The topological polar surface area (TPSA) is 21.3 Å². The SMILES string of the molecule is [2H]c1c([2H])c(C(C)(C)C)c(-c2c([2H])c(C(C)(C)C)c([2H])c(-c3c([2H])c([2H])c(C(C)(C)C)c([2H])c3[2H])c2N2c3cc(-n4c5ccc(C(C)(C)C)cc5c5cc(C(C)(C)C)ccc54)ccc3B3c4ccc(-n5c6ccc(C(C)(C)C)cc6c6cc(C(C)(C)C)ccc65)cc4N(c4c(-c5c([2H])c([2H])c(C(C)(C)C)c([2H])c5[2H])c([2H])c(C(C)(C)C)c([2H])c4-c4c(C(C)(C)C)c([2H])c([2H])c([2H])c4C(C)(C)C)c4cc(-n5c6c([2H])c([2H])c([2H])c([2H])c6c6c([2H])c([2H])c([2H])c([2H])c65)cc2c43)c(C(C)(C)C)c1[2H]. The number of anilines is 6. The van der Waals surface area contributed by atoms with Gasteiger partial charge < -0.3 is 23.5 Å². The number of rotatable bonds is 9. The molecule has 0 radical (unpaired) electrons. The largest absolute Gasteiger partial charge is 0.310 e. The minimum Gasteiger partial charge on any atom is -0.310 e. The Morgan fingerprint density at radius 2 is 0.472 bits per heavy atom. The van der Waals surface area contributed by atoms with Crippen LogP contribution in [0.25, 0.3) is 127 Å². The molecule has 0 atom stereocenters. The Morgan fingerprint density at radius 1 is 0.208 bits per heavy atom. The van der Waals surface area contributed by atoms with Crippen LogP contribution in [0.1, 0.15) is 352 Å². The summed E-state index contributed by atoms with van der Waals surface area (Å²) >= 11 is 0. The van der Waals surface area contributed by atoms with Gasteiger partial charge in [-0.2, -0.15) is 0 Å². The smallest absolute Gasteiger partial charge is 0.252 e. The van der Waals surface area contributed by atoms with Crippen LogP contribution in [0.2, 0.25) is 0 Å². The lowest BCUT2D eigenvalue weighted by Gasteiger charge is -2.47. The number of benzene rings is 15. The highest BCUT2D eigenvalue weighted by Crippen LogP contribution is 2.60. The van der Waals surface area contributed by atoms with Crippen LogP contribution in [0.3, 0.4) is 0 Å². The van der Waals surface area contributed by atoms with Gasteiger partial charge in [-0.1, -0.05) is 407 Å². The van der Waals surface area contributed by atoms with E-state index < -0.39 is 251 Å². The highest BCUT2D eigenvalue weighted by Gasteiger charge is 2.49. The summed E-state index contributed by atoms with van der Waals surface area (Å²) in [6.07, 6.45) is 0. The average molecular weight is 1920 g/mol. The second-order valence-corrected chi connectivity index (χ2v) is 52.8. The predicted molar refractivity (Wildman–Crippen MR) is 630 cm³/mol. The van der Waals surface area contributed by atoms with Crippen molar-refractivity contribution in [3.8, 4) is 61.6 Å². The first-order chi connectivity index (χ1) is 77.9. The van der Waals surface area contributed by atoms with E-state index in [4.69, 9.17) is 0 Å². The van der Waals surface area contributed by atoms with E-state index in [2.05, 4.69) is 165 Å². The normalized spacial score (nSPS) is 16.5. The third kappa shape index (κ3) is 16.9. The van der Waals surface area contributed by atoms with E-state index in [9.17, 15) is 35.6 Å². The molecular weight excluding hydrogens is 1740 g/mol.